The van der Waals surface area contributed by atoms with Gasteiger partial charge >= 0.3 is 0 Å². The monoisotopic (exact) mass is 405 g/mol. The molecule has 0 spiro atoms. The SMILES string of the molecule is CC1CN2CCCC2CN1C(=O)C1CCN(S(=O)(=O)Cc2ccccc2)CC1. The van der Waals surface area contributed by atoms with Gasteiger partial charge in [0, 0.05) is 44.2 Å². The molecular formula is C21H31N3O3S. The fourth-order valence-electron chi connectivity index (χ4n) is 4.99. The zero-order valence-electron chi connectivity index (χ0n) is 16.7. The van der Waals surface area contributed by atoms with E-state index in [9.17, 15) is 13.2 Å². The summed E-state index contributed by atoms with van der Waals surface area (Å²) in [6.45, 7) is 6.01. The number of hydrogen-bond acceptors (Lipinski definition) is 4. The molecule has 0 radical (unpaired) electrons. The molecule has 154 valence electrons. The van der Waals surface area contributed by atoms with Gasteiger partial charge < -0.3 is 4.90 Å². The molecule has 4 rings (SSSR count). The number of carbonyl (C=O) groups is 1. The van der Waals surface area contributed by atoms with Gasteiger partial charge in [0.05, 0.1) is 5.75 Å². The molecule has 1 amide bonds. The second-order valence-corrected chi connectivity index (χ2v) is 10.5. The summed E-state index contributed by atoms with van der Waals surface area (Å²) in [5.41, 5.74) is 0.809. The summed E-state index contributed by atoms with van der Waals surface area (Å²) in [6, 6.07) is 10.1. The number of piperazine rings is 1. The van der Waals surface area contributed by atoms with Gasteiger partial charge in [-0.15, -0.1) is 0 Å². The third-order valence-corrected chi connectivity index (χ3v) is 8.46. The van der Waals surface area contributed by atoms with Gasteiger partial charge in [0.2, 0.25) is 15.9 Å². The molecule has 2 unspecified atom stereocenters. The summed E-state index contributed by atoms with van der Waals surface area (Å²) in [7, 11) is -3.33. The smallest absolute Gasteiger partial charge is 0.226 e. The van der Waals surface area contributed by atoms with Crippen molar-refractivity contribution < 1.29 is 13.2 Å². The van der Waals surface area contributed by atoms with Crippen LogP contribution < -0.4 is 0 Å². The zero-order valence-corrected chi connectivity index (χ0v) is 17.5. The molecule has 0 aromatic heterocycles. The van der Waals surface area contributed by atoms with Crippen LogP contribution in [0.4, 0.5) is 0 Å². The first-order valence-corrected chi connectivity index (χ1v) is 12.1. The van der Waals surface area contributed by atoms with Gasteiger partial charge in [-0.25, -0.2) is 12.7 Å². The van der Waals surface area contributed by atoms with Crippen LogP contribution in [0.2, 0.25) is 0 Å². The molecule has 0 aliphatic carbocycles. The van der Waals surface area contributed by atoms with Gasteiger partial charge in [-0.3, -0.25) is 9.69 Å². The Morgan fingerprint density at radius 1 is 1.04 bits per heavy atom. The first kappa shape index (κ1) is 19.9. The van der Waals surface area contributed by atoms with Crippen molar-refractivity contribution in [2.45, 2.75) is 50.4 Å². The standard InChI is InChI=1S/C21H31N3O3S/c1-17-14-22-11-5-8-20(22)15-24(17)21(25)19-9-12-23(13-10-19)28(26,27)16-18-6-3-2-4-7-18/h2-4,6-7,17,19-20H,5,8-16H2,1H3. The van der Waals surface area contributed by atoms with Crippen molar-refractivity contribution in [1.29, 1.82) is 0 Å². The number of fused-ring (bicyclic) bond motifs is 1. The maximum absolute atomic E-state index is 13.1. The summed E-state index contributed by atoms with van der Waals surface area (Å²) < 4.78 is 27.0. The predicted molar refractivity (Wildman–Crippen MR) is 109 cm³/mol. The van der Waals surface area contributed by atoms with Crippen LogP contribution in [-0.4, -0.2) is 73.2 Å². The number of amides is 1. The molecule has 28 heavy (non-hydrogen) atoms. The molecule has 3 saturated heterocycles. The van der Waals surface area contributed by atoms with Crippen molar-refractivity contribution in [2.24, 2.45) is 5.92 Å². The molecule has 0 saturated carbocycles. The van der Waals surface area contributed by atoms with Crippen molar-refractivity contribution in [1.82, 2.24) is 14.1 Å². The van der Waals surface area contributed by atoms with Crippen LogP contribution in [0.25, 0.3) is 0 Å². The van der Waals surface area contributed by atoms with E-state index >= 15 is 0 Å². The topological polar surface area (TPSA) is 60.9 Å². The van der Waals surface area contributed by atoms with E-state index in [2.05, 4.69) is 16.7 Å². The second kappa shape index (κ2) is 8.13. The molecular weight excluding hydrogens is 374 g/mol. The Bertz CT molecular complexity index is 790. The quantitative estimate of drug-likeness (QED) is 0.768. The lowest BCUT2D eigenvalue weighted by Gasteiger charge is -2.44. The van der Waals surface area contributed by atoms with Gasteiger partial charge in [0.25, 0.3) is 0 Å². The molecule has 1 aromatic rings. The fraction of sp³-hybridized carbons (Fsp3) is 0.667. The van der Waals surface area contributed by atoms with Crippen LogP contribution in [0.15, 0.2) is 30.3 Å². The number of carbonyl (C=O) groups excluding carboxylic acids is 1. The van der Waals surface area contributed by atoms with Gasteiger partial charge in [-0.05, 0) is 44.7 Å². The lowest BCUT2D eigenvalue weighted by Crippen LogP contribution is -2.58. The zero-order chi connectivity index (χ0) is 19.7. The molecule has 3 aliphatic heterocycles. The van der Waals surface area contributed by atoms with Gasteiger partial charge in [0.15, 0.2) is 0 Å². The van der Waals surface area contributed by atoms with E-state index in [-0.39, 0.29) is 23.6 Å². The molecule has 0 N–H and O–H groups in total. The summed E-state index contributed by atoms with van der Waals surface area (Å²) in [6.07, 6.45) is 3.68. The molecule has 3 heterocycles. The summed E-state index contributed by atoms with van der Waals surface area (Å²) in [4.78, 5) is 17.7. The predicted octanol–water partition coefficient (Wildman–Crippen LogP) is 1.92. The van der Waals surface area contributed by atoms with Crippen LogP contribution in [0.1, 0.15) is 38.2 Å². The first-order valence-electron chi connectivity index (χ1n) is 10.5. The minimum atomic E-state index is -3.33. The molecule has 1 aromatic carbocycles. The highest BCUT2D eigenvalue weighted by Gasteiger charge is 2.40. The van der Waals surface area contributed by atoms with Crippen molar-refractivity contribution in [3.8, 4) is 0 Å². The summed E-state index contributed by atoms with van der Waals surface area (Å²) >= 11 is 0. The number of nitrogens with zero attached hydrogens (tertiary/aromatic N) is 3. The first-order chi connectivity index (χ1) is 13.4. The van der Waals surface area contributed by atoms with Gasteiger partial charge in [-0.1, -0.05) is 30.3 Å². The lowest BCUT2D eigenvalue weighted by atomic mass is 9.94. The molecule has 7 heteroatoms. The van der Waals surface area contributed by atoms with Crippen LogP contribution >= 0.6 is 0 Å². The van der Waals surface area contributed by atoms with Gasteiger partial charge in [-0.2, -0.15) is 0 Å². The Labute approximate surface area is 168 Å². The fourth-order valence-corrected chi connectivity index (χ4v) is 6.55. The van der Waals surface area contributed by atoms with Crippen LogP contribution in [0.3, 0.4) is 0 Å². The third kappa shape index (κ3) is 4.11. The Balaban J connectivity index is 1.34. The summed E-state index contributed by atoms with van der Waals surface area (Å²) in [5.74, 6) is 0.227. The molecule has 2 atom stereocenters. The van der Waals surface area contributed by atoms with Crippen molar-refractivity contribution in [3.05, 3.63) is 35.9 Å². The molecule has 3 aliphatic rings. The Morgan fingerprint density at radius 3 is 2.46 bits per heavy atom. The van der Waals surface area contributed by atoms with Gasteiger partial charge in [0.1, 0.15) is 0 Å². The van der Waals surface area contributed by atoms with Crippen LogP contribution in [0, 0.1) is 5.92 Å². The largest absolute Gasteiger partial charge is 0.337 e. The minimum absolute atomic E-state index is 0.0348. The van der Waals surface area contributed by atoms with E-state index in [1.165, 1.54) is 12.8 Å². The van der Waals surface area contributed by atoms with E-state index in [0.29, 0.717) is 32.0 Å². The highest BCUT2D eigenvalue weighted by Crippen LogP contribution is 2.29. The second-order valence-electron chi connectivity index (χ2n) is 8.55. The average molecular weight is 406 g/mol. The minimum Gasteiger partial charge on any atom is -0.337 e. The number of sulfonamides is 1. The molecule has 6 nitrogen and oxygen atoms in total. The molecule has 3 fully saturated rings. The van der Waals surface area contributed by atoms with Crippen molar-refractivity contribution >= 4 is 15.9 Å². The normalized spacial score (nSPS) is 27.7. The Hall–Kier alpha value is -1.44. The highest BCUT2D eigenvalue weighted by atomic mass is 32.2. The Morgan fingerprint density at radius 2 is 1.75 bits per heavy atom. The number of benzene rings is 1. The lowest BCUT2D eigenvalue weighted by molar-refractivity contribution is -0.142. The van der Waals surface area contributed by atoms with Crippen molar-refractivity contribution in [3.63, 3.8) is 0 Å². The van der Waals surface area contributed by atoms with E-state index in [1.807, 2.05) is 30.3 Å². The maximum Gasteiger partial charge on any atom is 0.226 e. The van der Waals surface area contributed by atoms with E-state index in [0.717, 1.165) is 25.2 Å². The Kier molecular flexibility index (Phi) is 5.76. The van der Waals surface area contributed by atoms with Crippen LogP contribution in [-0.2, 0) is 20.6 Å². The number of piperidine rings is 1. The summed E-state index contributed by atoms with van der Waals surface area (Å²) in [5, 5.41) is 0. The third-order valence-electron chi connectivity index (χ3n) is 6.61. The van der Waals surface area contributed by atoms with E-state index < -0.39 is 10.0 Å². The van der Waals surface area contributed by atoms with Crippen LogP contribution in [0.5, 0.6) is 0 Å². The number of rotatable bonds is 4. The van der Waals surface area contributed by atoms with Crippen molar-refractivity contribution in [2.75, 3.05) is 32.7 Å². The maximum atomic E-state index is 13.1. The average Bonchev–Trinajstić information content (AvgIpc) is 3.14. The van der Waals surface area contributed by atoms with E-state index in [4.69, 9.17) is 0 Å². The van der Waals surface area contributed by atoms with E-state index in [1.54, 1.807) is 4.31 Å². The number of hydrogen-bond donors (Lipinski definition) is 0. The molecule has 0 bridgehead atoms. The highest BCUT2D eigenvalue weighted by molar-refractivity contribution is 7.88.